The summed E-state index contributed by atoms with van der Waals surface area (Å²) in [5, 5.41) is 3.00. The molecular formula is C50H78NP2Pd+. The summed E-state index contributed by atoms with van der Waals surface area (Å²) in [4.78, 5) is 0. The number of rotatable bonds is 5. The Morgan fingerprint density at radius 3 is 1.54 bits per heavy atom. The Balaban J connectivity index is 0.000000138. The van der Waals surface area contributed by atoms with Gasteiger partial charge in [-0.3, -0.25) is 0 Å². The average Bonchev–Trinajstić information content (AvgIpc) is 3.88. The smallest absolute Gasteiger partial charge is 0.0793 e. The predicted octanol–water partition coefficient (Wildman–Crippen LogP) is 14.6. The van der Waals surface area contributed by atoms with Crippen LogP contribution >= 0.6 is 15.8 Å². The van der Waals surface area contributed by atoms with Crippen molar-refractivity contribution in [2.24, 2.45) is 35.5 Å². The van der Waals surface area contributed by atoms with Gasteiger partial charge in [0, 0.05) is 36.3 Å². The van der Waals surface area contributed by atoms with Crippen molar-refractivity contribution in [3.8, 4) is 11.1 Å². The van der Waals surface area contributed by atoms with Crippen molar-refractivity contribution in [1.82, 2.24) is 0 Å². The van der Waals surface area contributed by atoms with Gasteiger partial charge in [-0.05, 0) is 204 Å². The van der Waals surface area contributed by atoms with Crippen LogP contribution < -0.4 is 5.73 Å². The van der Waals surface area contributed by atoms with Gasteiger partial charge in [-0.25, -0.2) is 0 Å². The van der Waals surface area contributed by atoms with Crippen LogP contribution in [0.25, 0.3) is 11.1 Å². The van der Waals surface area contributed by atoms with E-state index in [9.17, 15) is 0 Å². The summed E-state index contributed by atoms with van der Waals surface area (Å²) in [6, 6.07) is 18.8. The van der Waals surface area contributed by atoms with E-state index in [0.29, 0.717) is 10.3 Å². The van der Waals surface area contributed by atoms with Crippen LogP contribution in [0, 0.1) is 41.6 Å². The Morgan fingerprint density at radius 2 is 1.06 bits per heavy atom. The fourth-order valence-corrected chi connectivity index (χ4v) is 28.5. The fourth-order valence-electron chi connectivity index (χ4n) is 16.0. The van der Waals surface area contributed by atoms with Crippen molar-refractivity contribution in [3.63, 3.8) is 0 Å². The summed E-state index contributed by atoms with van der Waals surface area (Å²) in [7, 11) is -0.464. The number of benzene rings is 2. The molecule has 8 fully saturated rings. The Morgan fingerprint density at radius 1 is 0.574 bits per heavy atom. The third-order valence-corrected chi connectivity index (χ3v) is 26.2. The van der Waals surface area contributed by atoms with Gasteiger partial charge in [-0.15, -0.1) is 35.9 Å². The van der Waals surface area contributed by atoms with Gasteiger partial charge in [0.25, 0.3) is 0 Å². The minimum absolute atomic E-state index is 0. The van der Waals surface area contributed by atoms with Crippen molar-refractivity contribution >= 4 is 21.5 Å². The van der Waals surface area contributed by atoms with Gasteiger partial charge in [-0.2, -0.15) is 0 Å². The summed E-state index contributed by atoms with van der Waals surface area (Å²) in [6.07, 6.45) is 32.8. The van der Waals surface area contributed by atoms with E-state index in [2.05, 4.69) is 47.6 Å². The van der Waals surface area contributed by atoms with E-state index in [-0.39, 0.29) is 36.3 Å². The first-order chi connectivity index (χ1) is 25.3. The number of fused-ring (bicyclic) bond motifs is 4. The Bertz CT molecular complexity index is 1450. The predicted molar refractivity (Wildman–Crippen MR) is 238 cm³/mol. The molecule has 0 amide bonds. The molecule has 0 saturated heterocycles. The second-order valence-electron chi connectivity index (χ2n) is 22.3. The summed E-state index contributed by atoms with van der Waals surface area (Å²) >= 11 is 0. The normalized spacial score (nSPS) is 36.0. The average molecular weight is 862 g/mol. The van der Waals surface area contributed by atoms with E-state index in [1.165, 1.54) is 66.8 Å². The molecule has 0 aliphatic heterocycles. The molecule has 8 saturated carbocycles. The van der Waals surface area contributed by atoms with Gasteiger partial charge in [0.1, 0.15) is 0 Å². The molecule has 8 aliphatic rings. The first kappa shape index (κ1) is 41.9. The van der Waals surface area contributed by atoms with Crippen LogP contribution in [0.2, 0.25) is 0 Å². The first-order valence-corrected chi connectivity index (χ1v) is 26.1. The van der Waals surface area contributed by atoms with Gasteiger partial charge in [0.05, 0.1) is 31.9 Å². The van der Waals surface area contributed by atoms with Crippen LogP contribution in [0.1, 0.15) is 170 Å². The standard InChI is InChI=1S/C25H39P.C13H27P.C12H10N.Pd/c1-2-4-23(3-1)26(24-11-17-5-7-19(13-24)21(9-17)15-24)25-12-18-6-8-20(14-25)22(10-18)16-25;1-12(2,3)14(13(4,5)6)11-9-7-8-10-11;13-12-9-5-4-8-11(12)10-6-2-1-3-7-10;/h17-23H,1-16H2;11H,7-10H2,1-6H3;1-6,8-9H,13H2;/q;;-1;/p+2. The molecule has 0 spiro atoms. The minimum Gasteiger partial charge on any atom is -0.406 e. The van der Waals surface area contributed by atoms with E-state index in [4.69, 9.17) is 5.73 Å². The third-order valence-electron chi connectivity index (χ3n) is 16.7. The molecule has 10 rings (SSSR count). The second kappa shape index (κ2) is 16.8. The molecule has 6 bridgehead atoms. The van der Waals surface area contributed by atoms with Gasteiger partial charge < -0.3 is 5.73 Å². The Hall–Kier alpha value is -0.238. The van der Waals surface area contributed by atoms with E-state index in [0.717, 1.165) is 32.8 Å². The van der Waals surface area contributed by atoms with E-state index in [1.54, 1.807) is 103 Å². The van der Waals surface area contributed by atoms with Gasteiger partial charge in [0.15, 0.2) is 0 Å². The zero-order chi connectivity index (χ0) is 37.0. The Labute approximate surface area is 348 Å². The van der Waals surface area contributed by atoms with Crippen LogP contribution in [0.3, 0.4) is 0 Å². The third kappa shape index (κ3) is 8.57. The summed E-state index contributed by atoms with van der Waals surface area (Å²) in [5.74, 6) is 7.09. The molecule has 54 heavy (non-hydrogen) atoms. The molecule has 8 aliphatic carbocycles. The minimum atomic E-state index is -0.253. The molecule has 2 aromatic rings. The zero-order valence-electron chi connectivity index (χ0n) is 35.3. The van der Waals surface area contributed by atoms with Crippen molar-refractivity contribution in [1.29, 1.82) is 0 Å². The number of anilines is 1. The molecule has 0 radical (unpaired) electrons. The number of para-hydroxylation sites is 1. The summed E-state index contributed by atoms with van der Waals surface area (Å²) < 4.78 is 0. The second-order valence-corrected chi connectivity index (χ2v) is 30.7. The number of nitrogen functional groups attached to an aromatic ring is 1. The van der Waals surface area contributed by atoms with Crippen molar-refractivity contribution in [3.05, 3.63) is 54.6 Å². The zero-order valence-corrected chi connectivity index (χ0v) is 38.8. The monoisotopic (exact) mass is 860 g/mol. The van der Waals surface area contributed by atoms with Crippen LogP contribution in [0.5, 0.6) is 0 Å². The summed E-state index contributed by atoms with van der Waals surface area (Å²) in [5.41, 5.74) is 11.0. The molecule has 0 aromatic heterocycles. The van der Waals surface area contributed by atoms with Crippen molar-refractivity contribution in [2.45, 2.75) is 202 Å². The Kier molecular flexibility index (Phi) is 13.0. The summed E-state index contributed by atoms with van der Waals surface area (Å²) in [6.45, 7) is 14.8. The molecule has 302 valence electrons. The van der Waals surface area contributed by atoms with Crippen LogP contribution in [0.4, 0.5) is 5.69 Å². The first-order valence-electron chi connectivity index (χ1n) is 22.9. The van der Waals surface area contributed by atoms with Crippen molar-refractivity contribution < 1.29 is 20.4 Å². The fraction of sp³-hybridized carbons (Fsp3) is 0.760. The van der Waals surface area contributed by atoms with Gasteiger partial charge in [0.2, 0.25) is 0 Å². The number of hydrogen-bond donors (Lipinski definition) is 1. The maximum absolute atomic E-state index is 5.83. The molecule has 0 heterocycles. The molecule has 2 aromatic carbocycles. The van der Waals surface area contributed by atoms with Crippen LogP contribution in [0.15, 0.2) is 48.5 Å². The van der Waals surface area contributed by atoms with Crippen molar-refractivity contribution in [2.75, 3.05) is 5.73 Å². The van der Waals surface area contributed by atoms with Crippen LogP contribution in [-0.2, 0) is 20.4 Å². The SMILES string of the molecule is C1CCC([PH+](C23CC4CCC(C2)C(C4)C3)C23CC4CCC(C2)C(C4)C3)C1.CC(C)(C)[PH+](C1CCCC1)C(C)(C)C.Nc1ccccc1-c1[c-]cccc1.[Pd]. The van der Waals surface area contributed by atoms with E-state index < -0.39 is 0 Å². The van der Waals surface area contributed by atoms with Gasteiger partial charge in [-0.1, -0.05) is 36.6 Å². The topological polar surface area (TPSA) is 26.0 Å². The van der Waals surface area contributed by atoms with Gasteiger partial charge >= 0.3 is 0 Å². The molecule has 2 N–H and O–H groups in total. The number of nitrogens with two attached hydrogens (primary N) is 1. The number of hydrogen-bond acceptors (Lipinski definition) is 1. The largest absolute Gasteiger partial charge is 0.406 e. The molecular weight excluding hydrogens is 783 g/mol. The molecule has 1 nitrogen and oxygen atoms in total. The molecule has 4 heteroatoms. The van der Waals surface area contributed by atoms with Crippen LogP contribution in [-0.4, -0.2) is 31.9 Å². The molecule has 8 unspecified atom stereocenters. The quantitative estimate of drug-likeness (QED) is 0.138. The van der Waals surface area contributed by atoms with E-state index >= 15 is 0 Å². The maximum atomic E-state index is 5.83. The van der Waals surface area contributed by atoms with E-state index in [1.807, 2.05) is 48.5 Å². The maximum Gasteiger partial charge on any atom is 0.0793 e. The molecule has 8 atom stereocenters.